The van der Waals surface area contributed by atoms with Gasteiger partial charge in [0.2, 0.25) is 10.0 Å². The third-order valence-corrected chi connectivity index (χ3v) is 6.84. The molecule has 1 aromatic rings. The number of aliphatic hydroxyl groups is 1. The average Bonchev–Trinajstić information content (AvgIpc) is 2.80. The lowest BCUT2D eigenvalue weighted by Gasteiger charge is -2.23. The first kappa shape index (κ1) is 19.5. The predicted molar refractivity (Wildman–Crippen MR) is 86.3 cm³/mol. The van der Waals surface area contributed by atoms with E-state index >= 15 is 0 Å². The van der Waals surface area contributed by atoms with Crippen LogP contribution in [-0.2, 0) is 16.2 Å². The second-order valence-electron chi connectivity index (χ2n) is 6.35. The number of hydrogen-bond donors (Lipinski definition) is 1. The van der Waals surface area contributed by atoms with Crippen molar-refractivity contribution in [3.05, 3.63) is 29.3 Å². The smallest absolute Gasteiger partial charge is 0.393 e. The summed E-state index contributed by atoms with van der Waals surface area (Å²) in [5.74, 6) is -0.324. The molecule has 1 N–H and O–H groups in total. The van der Waals surface area contributed by atoms with Crippen molar-refractivity contribution < 1.29 is 26.7 Å². The van der Waals surface area contributed by atoms with Crippen LogP contribution in [-0.4, -0.2) is 31.4 Å². The van der Waals surface area contributed by atoms with Crippen LogP contribution < -0.4 is 4.31 Å². The molecule has 1 aliphatic heterocycles. The monoisotopic (exact) mass is 376 g/mol. The van der Waals surface area contributed by atoms with Gasteiger partial charge in [-0.15, -0.1) is 0 Å². The highest BCUT2D eigenvalue weighted by Gasteiger charge is 2.43. The maximum Gasteiger partial charge on any atom is 0.417 e. The molecule has 1 saturated heterocycles. The number of halogens is 3. The SMILES string of the molecule is C[C@H](C[C@@H](C)O)[C@H]1CCN(c2ccc(C#N)c(C(F)(F)F)c2)S1(=O)=O. The molecule has 0 aromatic heterocycles. The number of hydrogen-bond acceptors (Lipinski definition) is 4. The van der Waals surface area contributed by atoms with Gasteiger partial charge in [0.1, 0.15) is 0 Å². The molecule has 1 heterocycles. The Morgan fingerprint density at radius 2 is 2.04 bits per heavy atom. The largest absolute Gasteiger partial charge is 0.417 e. The number of alkyl halides is 3. The maximum absolute atomic E-state index is 13.1. The highest BCUT2D eigenvalue weighted by molar-refractivity contribution is 7.93. The molecule has 0 amide bonds. The van der Waals surface area contributed by atoms with Crippen LogP contribution in [0.1, 0.15) is 37.8 Å². The van der Waals surface area contributed by atoms with Gasteiger partial charge in [-0.1, -0.05) is 6.92 Å². The molecule has 0 bridgehead atoms. The first-order valence-corrected chi connectivity index (χ1v) is 9.29. The van der Waals surface area contributed by atoms with E-state index in [4.69, 9.17) is 5.26 Å². The summed E-state index contributed by atoms with van der Waals surface area (Å²) in [7, 11) is -3.84. The van der Waals surface area contributed by atoms with E-state index in [9.17, 15) is 26.7 Å². The highest BCUT2D eigenvalue weighted by Crippen LogP contribution is 2.38. The minimum absolute atomic E-state index is 0.0698. The lowest BCUT2D eigenvalue weighted by Crippen LogP contribution is -2.33. The number of sulfonamides is 1. The standard InChI is InChI=1S/C16H19F3N2O3S/c1-10(7-11(2)22)15-5-6-21(25(15,23)24)13-4-3-12(9-20)14(8-13)16(17,18)19/h3-4,8,10-11,15,22H,5-7H2,1-2H3/t10-,11-,15-/m1/s1. The second-order valence-corrected chi connectivity index (χ2v) is 8.42. The maximum atomic E-state index is 13.1. The third-order valence-electron chi connectivity index (χ3n) is 4.37. The Hall–Kier alpha value is -1.79. The van der Waals surface area contributed by atoms with E-state index in [1.54, 1.807) is 13.8 Å². The fourth-order valence-electron chi connectivity index (χ4n) is 3.25. The van der Waals surface area contributed by atoms with Gasteiger partial charge >= 0.3 is 6.18 Å². The Kier molecular flexibility index (Phi) is 5.35. The predicted octanol–water partition coefficient (Wildman–Crippen LogP) is 2.89. The molecular formula is C16H19F3N2O3S. The number of anilines is 1. The fraction of sp³-hybridized carbons (Fsp3) is 0.562. The Bertz CT molecular complexity index is 785. The number of rotatable bonds is 4. The van der Waals surface area contributed by atoms with Crippen molar-refractivity contribution in [1.29, 1.82) is 5.26 Å². The van der Waals surface area contributed by atoms with Gasteiger partial charge in [-0.2, -0.15) is 18.4 Å². The lowest BCUT2D eigenvalue weighted by atomic mass is 9.98. The van der Waals surface area contributed by atoms with Gasteiger partial charge in [-0.3, -0.25) is 4.31 Å². The average molecular weight is 376 g/mol. The number of aliphatic hydroxyl groups excluding tert-OH is 1. The highest BCUT2D eigenvalue weighted by atomic mass is 32.2. The number of nitriles is 1. The zero-order valence-electron chi connectivity index (χ0n) is 13.8. The van der Waals surface area contributed by atoms with Gasteiger partial charge in [-0.25, -0.2) is 8.42 Å². The summed E-state index contributed by atoms with van der Waals surface area (Å²) in [5, 5.41) is 17.5. The summed E-state index contributed by atoms with van der Waals surface area (Å²) in [6.45, 7) is 3.34. The Balaban J connectivity index is 2.39. The molecule has 3 atom stereocenters. The van der Waals surface area contributed by atoms with Crippen molar-refractivity contribution in [2.75, 3.05) is 10.8 Å². The van der Waals surface area contributed by atoms with Crippen LogP contribution in [0.25, 0.3) is 0 Å². The van der Waals surface area contributed by atoms with Crippen LogP contribution in [0.3, 0.4) is 0 Å². The number of benzene rings is 1. The molecule has 25 heavy (non-hydrogen) atoms. The summed E-state index contributed by atoms with van der Waals surface area (Å²) in [4.78, 5) is 0. The molecule has 138 valence electrons. The summed E-state index contributed by atoms with van der Waals surface area (Å²) in [6.07, 6.45) is -4.84. The van der Waals surface area contributed by atoms with Gasteiger partial charge in [0.25, 0.3) is 0 Å². The van der Waals surface area contributed by atoms with Gasteiger partial charge in [0, 0.05) is 6.54 Å². The Labute approximate surface area is 144 Å². The summed E-state index contributed by atoms with van der Waals surface area (Å²) >= 11 is 0. The summed E-state index contributed by atoms with van der Waals surface area (Å²) < 4.78 is 65.7. The molecule has 0 aliphatic carbocycles. The van der Waals surface area contributed by atoms with E-state index in [0.717, 1.165) is 10.4 Å². The van der Waals surface area contributed by atoms with Gasteiger partial charge in [0.05, 0.1) is 34.2 Å². The zero-order valence-corrected chi connectivity index (χ0v) is 14.6. The first-order valence-electron chi connectivity index (χ1n) is 7.79. The van der Waals surface area contributed by atoms with Crippen LogP contribution in [0.15, 0.2) is 18.2 Å². The summed E-state index contributed by atoms with van der Waals surface area (Å²) in [6, 6.07) is 4.38. The quantitative estimate of drug-likeness (QED) is 0.876. The molecule has 0 spiro atoms. The van der Waals surface area contributed by atoms with Crippen molar-refractivity contribution in [2.45, 2.75) is 44.2 Å². The Morgan fingerprint density at radius 3 is 2.56 bits per heavy atom. The van der Waals surface area contributed by atoms with Gasteiger partial charge < -0.3 is 5.11 Å². The van der Waals surface area contributed by atoms with E-state index in [-0.39, 0.29) is 24.6 Å². The molecule has 1 aliphatic rings. The Morgan fingerprint density at radius 1 is 1.40 bits per heavy atom. The molecular weight excluding hydrogens is 357 g/mol. The fourth-order valence-corrected chi connectivity index (χ4v) is 5.44. The second kappa shape index (κ2) is 6.84. The van der Waals surface area contributed by atoms with Crippen molar-refractivity contribution >= 4 is 15.7 Å². The van der Waals surface area contributed by atoms with Crippen molar-refractivity contribution in [3.63, 3.8) is 0 Å². The van der Waals surface area contributed by atoms with Crippen molar-refractivity contribution in [1.82, 2.24) is 0 Å². The first-order chi connectivity index (χ1) is 11.5. The zero-order chi connectivity index (χ0) is 19.0. The van der Waals surface area contributed by atoms with Crippen LogP contribution in [0.5, 0.6) is 0 Å². The molecule has 1 fully saturated rings. The van der Waals surface area contributed by atoms with Crippen LogP contribution >= 0.6 is 0 Å². The van der Waals surface area contributed by atoms with Crippen molar-refractivity contribution in [2.24, 2.45) is 5.92 Å². The van der Waals surface area contributed by atoms with Crippen molar-refractivity contribution in [3.8, 4) is 6.07 Å². The van der Waals surface area contributed by atoms with E-state index in [2.05, 4.69) is 0 Å². The number of nitrogens with zero attached hydrogens (tertiary/aromatic N) is 2. The molecule has 1 aromatic carbocycles. The van der Waals surface area contributed by atoms with E-state index in [0.29, 0.717) is 12.5 Å². The molecule has 2 rings (SSSR count). The van der Waals surface area contributed by atoms with E-state index < -0.39 is 38.7 Å². The van der Waals surface area contributed by atoms with Crippen LogP contribution in [0.4, 0.5) is 18.9 Å². The molecule has 0 saturated carbocycles. The molecule has 5 nitrogen and oxygen atoms in total. The summed E-state index contributed by atoms with van der Waals surface area (Å²) in [5.41, 5.74) is -1.80. The van der Waals surface area contributed by atoms with E-state index in [1.807, 2.05) is 0 Å². The normalized spacial score (nSPS) is 22.4. The molecule has 0 unspecified atom stereocenters. The lowest BCUT2D eigenvalue weighted by molar-refractivity contribution is -0.137. The van der Waals surface area contributed by atoms with Crippen LogP contribution in [0, 0.1) is 17.2 Å². The van der Waals surface area contributed by atoms with Gasteiger partial charge in [0.15, 0.2) is 0 Å². The molecule has 0 radical (unpaired) electrons. The topological polar surface area (TPSA) is 81.4 Å². The minimum atomic E-state index is -4.75. The molecule has 9 heteroatoms. The minimum Gasteiger partial charge on any atom is -0.393 e. The van der Waals surface area contributed by atoms with Crippen LogP contribution in [0.2, 0.25) is 0 Å². The van der Waals surface area contributed by atoms with Gasteiger partial charge in [-0.05, 0) is 43.9 Å². The van der Waals surface area contributed by atoms with E-state index in [1.165, 1.54) is 12.1 Å². The third kappa shape index (κ3) is 3.90.